The first-order valence-electron chi connectivity index (χ1n) is 6.53. The Morgan fingerprint density at radius 1 is 1.33 bits per heavy atom. The van der Waals surface area contributed by atoms with Crippen molar-refractivity contribution in [3.05, 3.63) is 29.3 Å². The van der Waals surface area contributed by atoms with Gasteiger partial charge in [0.1, 0.15) is 5.75 Å². The predicted octanol–water partition coefficient (Wildman–Crippen LogP) is 3.21. The average molecular weight is 304 g/mol. The first-order chi connectivity index (χ1) is 9.88. The van der Waals surface area contributed by atoms with Crippen LogP contribution in [0.1, 0.15) is 28.8 Å². The fraction of sp³-hybridized carbons (Fsp3) is 0.500. The van der Waals surface area contributed by atoms with E-state index in [9.17, 15) is 18.0 Å². The van der Waals surface area contributed by atoms with Gasteiger partial charge in [-0.1, -0.05) is 0 Å². The van der Waals surface area contributed by atoms with E-state index in [0.717, 1.165) is 25.0 Å². The minimum Gasteiger partial charge on any atom is -0.493 e. The molecule has 1 aromatic carbocycles. The van der Waals surface area contributed by atoms with E-state index in [-0.39, 0.29) is 11.7 Å². The van der Waals surface area contributed by atoms with Crippen molar-refractivity contribution in [2.75, 3.05) is 19.8 Å². The van der Waals surface area contributed by atoms with Crippen molar-refractivity contribution in [2.24, 2.45) is 5.92 Å². The lowest BCUT2D eigenvalue weighted by molar-refractivity contribution is -0.138. The summed E-state index contributed by atoms with van der Waals surface area (Å²) in [5.41, 5.74) is -1.97. The lowest BCUT2D eigenvalue weighted by Crippen LogP contribution is -2.21. The molecule has 1 heterocycles. The summed E-state index contributed by atoms with van der Waals surface area (Å²) in [7, 11) is 0. The zero-order valence-electron chi connectivity index (χ0n) is 11.2. The van der Waals surface area contributed by atoms with Gasteiger partial charge in [-0.25, -0.2) is 4.79 Å². The standard InChI is InChI=1S/C14H15F3O4/c15-14(16,17)12-7-10(1-2-11(12)13(18)19)21-8-9-3-5-20-6-4-9/h1-2,7,9H,3-6,8H2,(H,18,19). The van der Waals surface area contributed by atoms with E-state index >= 15 is 0 Å². The van der Waals surface area contributed by atoms with Crippen LogP contribution in [0.3, 0.4) is 0 Å². The van der Waals surface area contributed by atoms with Crippen LogP contribution in [0.15, 0.2) is 18.2 Å². The number of carboxylic acid groups (broad SMARTS) is 1. The molecule has 1 aliphatic rings. The van der Waals surface area contributed by atoms with Crippen molar-refractivity contribution in [3.63, 3.8) is 0 Å². The minimum atomic E-state index is -4.73. The maximum absolute atomic E-state index is 12.8. The normalized spacial score (nSPS) is 16.7. The number of rotatable bonds is 4. The molecule has 116 valence electrons. The first-order valence-corrected chi connectivity index (χ1v) is 6.53. The summed E-state index contributed by atoms with van der Waals surface area (Å²) >= 11 is 0. The largest absolute Gasteiger partial charge is 0.493 e. The van der Waals surface area contributed by atoms with Crippen molar-refractivity contribution in [1.29, 1.82) is 0 Å². The minimum absolute atomic E-state index is 0.0267. The number of alkyl halides is 3. The Bertz CT molecular complexity index is 507. The third kappa shape index (κ3) is 4.10. The number of carbonyl (C=O) groups is 1. The van der Waals surface area contributed by atoms with E-state index in [1.807, 2.05) is 0 Å². The summed E-state index contributed by atoms with van der Waals surface area (Å²) in [5.74, 6) is -1.34. The third-order valence-electron chi connectivity index (χ3n) is 3.35. The Labute approximate surface area is 119 Å². The number of hydrogen-bond acceptors (Lipinski definition) is 3. The van der Waals surface area contributed by atoms with E-state index in [2.05, 4.69) is 0 Å². The maximum Gasteiger partial charge on any atom is 0.417 e. The molecule has 0 aromatic heterocycles. The van der Waals surface area contributed by atoms with Crippen LogP contribution in [0, 0.1) is 5.92 Å². The quantitative estimate of drug-likeness (QED) is 0.928. The molecule has 0 unspecified atom stereocenters. The van der Waals surface area contributed by atoms with E-state index in [1.54, 1.807) is 0 Å². The van der Waals surface area contributed by atoms with Gasteiger partial charge < -0.3 is 14.6 Å². The molecular formula is C14H15F3O4. The molecule has 0 amide bonds. The molecule has 0 bridgehead atoms. The average Bonchev–Trinajstić information content (AvgIpc) is 2.45. The first kappa shape index (κ1) is 15.6. The van der Waals surface area contributed by atoms with Gasteiger partial charge in [-0.05, 0) is 37.0 Å². The molecule has 1 fully saturated rings. The van der Waals surface area contributed by atoms with Crippen LogP contribution in [-0.4, -0.2) is 30.9 Å². The number of aromatic carboxylic acids is 1. The second kappa shape index (κ2) is 6.34. The maximum atomic E-state index is 12.8. The zero-order valence-corrected chi connectivity index (χ0v) is 11.2. The second-order valence-corrected chi connectivity index (χ2v) is 4.88. The van der Waals surface area contributed by atoms with E-state index in [1.165, 1.54) is 6.07 Å². The van der Waals surface area contributed by atoms with Crippen LogP contribution in [0.25, 0.3) is 0 Å². The highest BCUT2D eigenvalue weighted by Crippen LogP contribution is 2.34. The monoisotopic (exact) mass is 304 g/mol. The smallest absolute Gasteiger partial charge is 0.417 e. The van der Waals surface area contributed by atoms with Gasteiger partial charge in [0.2, 0.25) is 0 Å². The highest BCUT2D eigenvalue weighted by atomic mass is 19.4. The molecule has 0 saturated carbocycles. The van der Waals surface area contributed by atoms with E-state index in [4.69, 9.17) is 14.6 Å². The van der Waals surface area contributed by atoms with Crippen molar-refractivity contribution in [1.82, 2.24) is 0 Å². The molecule has 0 atom stereocenters. The van der Waals surface area contributed by atoms with Crippen LogP contribution in [0.5, 0.6) is 5.75 Å². The van der Waals surface area contributed by atoms with Crippen LogP contribution in [0.2, 0.25) is 0 Å². The van der Waals surface area contributed by atoms with Gasteiger partial charge in [0.25, 0.3) is 0 Å². The summed E-state index contributed by atoms with van der Waals surface area (Å²) in [6, 6.07) is 2.91. The molecule has 0 spiro atoms. The molecule has 4 nitrogen and oxygen atoms in total. The molecule has 0 radical (unpaired) electrons. The van der Waals surface area contributed by atoms with Gasteiger partial charge in [-0.2, -0.15) is 13.2 Å². The Hall–Kier alpha value is -1.76. The number of ether oxygens (including phenoxy) is 2. The molecule has 1 saturated heterocycles. The number of carboxylic acids is 1. The van der Waals surface area contributed by atoms with Crippen LogP contribution in [-0.2, 0) is 10.9 Å². The molecule has 1 N–H and O–H groups in total. The van der Waals surface area contributed by atoms with E-state index in [0.29, 0.717) is 19.8 Å². The van der Waals surface area contributed by atoms with Crippen molar-refractivity contribution in [2.45, 2.75) is 19.0 Å². The highest BCUT2D eigenvalue weighted by Gasteiger charge is 2.35. The summed E-state index contributed by atoms with van der Waals surface area (Å²) < 4.78 is 49.1. The van der Waals surface area contributed by atoms with Crippen LogP contribution < -0.4 is 4.74 Å². The Morgan fingerprint density at radius 3 is 2.57 bits per heavy atom. The van der Waals surface area contributed by atoms with E-state index < -0.39 is 23.3 Å². The molecule has 2 rings (SSSR count). The van der Waals surface area contributed by atoms with Crippen molar-refractivity contribution < 1.29 is 32.5 Å². The van der Waals surface area contributed by atoms with Crippen LogP contribution >= 0.6 is 0 Å². The Balaban J connectivity index is 2.11. The molecule has 1 aliphatic heterocycles. The zero-order chi connectivity index (χ0) is 15.5. The predicted molar refractivity (Wildman–Crippen MR) is 67.4 cm³/mol. The lowest BCUT2D eigenvalue weighted by atomic mass is 10.0. The van der Waals surface area contributed by atoms with Gasteiger partial charge in [0.15, 0.2) is 0 Å². The van der Waals surface area contributed by atoms with Gasteiger partial charge in [-0.15, -0.1) is 0 Å². The van der Waals surface area contributed by atoms with Gasteiger partial charge in [0.05, 0.1) is 17.7 Å². The van der Waals surface area contributed by atoms with Gasteiger partial charge >= 0.3 is 12.1 Å². The number of benzene rings is 1. The molecular weight excluding hydrogens is 289 g/mol. The van der Waals surface area contributed by atoms with Crippen LogP contribution in [0.4, 0.5) is 13.2 Å². The van der Waals surface area contributed by atoms with Gasteiger partial charge in [-0.3, -0.25) is 0 Å². The molecule has 0 aliphatic carbocycles. The Morgan fingerprint density at radius 2 is 2.00 bits per heavy atom. The second-order valence-electron chi connectivity index (χ2n) is 4.88. The fourth-order valence-electron chi connectivity index (χ4n) is 2.16. The topological polar surface area (TPSA) is 55.8 Å². The molecule has 1 aromatic rings. The summed E-state index contributed by atoms with van der Waals surface area (Å²) in [6.45, 7) is 1.55. The number of halogens is 3. The van der Waals surface area contributed by atoms with Crippen molar-refractivity contribution >= 4 is 5.97 Å². The van der Waals surface area contributed by atoms with Gasteiger partial charge in [0, 0.05) is 13.2 Å². The van der Waals surface area contributed by atoms with Crippen molar-refractivity contribution in [3.8, 4) is 5.75 Å². The summed E-state index contributed by atoms with van der Waals surface area (Å²) in [6.07, 6.45) is -3.12. The molecule has 21 heavy (non-hydrogen) atoms. The summed E-state index contributed by atoms with van der Waals surface area (Å²) in [5, 5.41) is 8.80. The SMILES string of the molecule is O=C(O)c1ccc(OCC2CCOCC2)cc1C(F)(F)F. The number of hydrogen-bond donors (Lipinski definition) is 1. The summed E-state index contributed by atoms with van der Waals surface area (Å²) in [4.78, 5) is 10.8. The Kier molecular flexibility index (Phi) is 4.72. The fourth-order valence-corrected chi connectivity index (χ4v) is 2.16. The highest BCUT2D eigenvalue weighted by molar-refractivity contribution is 5.89. The lowest BCUT2D eigenvalue weighted by Gasteiger charge is -2.22. The third-order valence-corrected chi connectivity index (χ3v) is 3.35. The molecule has 7 heteroatoms.